The zero-order chi connectivity index (χ0) is 31.1. The number of aromatic nitrogens is 4. The van der Waals surface area contributed by atoms with Crippen LogP contribution in [0.1, 0.15) is 38.5 Å². The van der Waals surface area contributed by atoms with E-state index in [0.29, 0.717) is 21.7 Å². The molecule has 8 N–H and O–H groups in total. The molecule has 4 atom stereocenters. The fourth-order valence-corrected chi connectivity index (χ4v) is 6.87. The molecule has 2 aromatic heterocycles. The molecule has 14 heteroatoms. The Balaban J connectivity index is 0.000000175. The summed E-state index contributed by atoms with van der Waals surface area (Å²) in [6.07, 6.45) is 8.07. The second-order valence-corrected chi connectivity index (χ2v) is 13.7. The lowest BCUT2D eigenvalue weighted by atomic mass is 10.2. The van der Waals surface area contributed by atoms with Gasteiger partial charge in [0.05, 0.1) is 28.0 Å². The number of aliphatic hydroxyl groups is 2. The van der Waals surface area contributed by atoms with Crippen LogP contribution in [-0.4, -0.2) is 54.4 Å². The van der Waals surface area contributed by atoms with Gasteiger partial charge in [0.2, 0.25) is 11.9 Å². The molecule has 0 unspecified atom stereocenters. The second kappa shape index (κ2) is 15.3. The molecular formula is C30H34Cl2N8O2S2. The monoisotopic (exact) mass is 672 g/mol. The van der Waals surface area contributed by atoms with E-state index < -0.39 is 0 Å². The second-order valence-electron chi connectivity index (χ2n) is 10.6. The van der Waals surface area contributed by atoms with Crippen LogP contribution in [0.4, 0.5) is 23.5 Å². The minimum atomic E-state index is -0.343. The highest BCUT2D eigenvalue weighted by molar-refractivity contribution is 7.99. The number of nitrogens with two attached hydrogens (primary N) is 2. The van der Waals surface area contributed by atoms with Crippen molar-refractivity contribution >= 4 is 70.3 Å². The molecule has 2 aliphatic rings. The van der Waals surface area contributed by atoms with E-state index in [-0.39, 0.29) is 36.2 Å². The number of nitrogens with zero attached hydrogens (tertiary/aromatic N) is 4. The van der Waals surface area contributed by atoms with E-state index >= 15 is 0 Å². The zero-order valence-electron chi connectivity index (χ0n) is 23.7. The lowest BCUT2D eigenvalue weighted by Crippen LogP contribution is -2.28. The fraction of sp³-hybridized carbons (Fsp3) is 0.333. The largest absolute Gasteiger partial charge is 0.393 e. The van der Waals surface area contributed by atoms with Gasteiger partial charge in [0.15, 0.2) is 0 Å². The highest BCUT2D eigenvalue weighted by atomic mass is 35.5. The molecule has 6 rings (SSSR count). The van der Waals surface area contributed by atoms with Crippen molar-refractivity contribution in [1.29, 1.82) is 0 Å². The highest BCUT2D eigenvalue weighted by Crippen LogP contribution is 2.36. The number of benzene rings is 2. The van der Waals surface area contributed by atoms with Crippen molar-refractivity contribution < 1.29 is 10.2 Å². The molecule has 4 aromatic rings. The maximum absolute atomic E-state index is 9.97. The lowest BCUT2D eigenvalue weighted by molar-refractivity contribution is 0.171. The molecule has 232 valence electrons. The summed E-state index contributed by atoms with van der Waals surface area (Å²) >= 11 is 14.9. The van der Waals surface area contributed by atoms with Gasteiger partial charge in [0, 0.05) is 38.3 Å². The van der Waals surface area contributed by atoms with Gasteiger partial charge in [-0.05, 0) is 87.1 Å². The van der Waals surface area contributed by atoms with E-state index in [1.807, 2.05) is 48.5 Å². The molecule has 0 amide bonds. The normalized spacial score (nSPS) is 21.0. The van der Waals surface area contributed by atoms with Crippen LogP contribution in [-0.2, 0) is 0 Å². The number of hydrogen-bond donors (Lipinski definition) is 6. The number of halogens is 2. The van der Waals surface area contributed by atoms with Crippen LogP contribution in [0.5, 0.6) is 0 Å². The summed E-state index contributed by atoms with van der Waals surface area (Å²) in [4.78, 5) is 20.6. The van der Waals surface area contributed by atoms with Crippen LogP contribution >= 0.6 is 46.7 Å². The van der Waals surface area contributed by atoms with Crippen LogP contribution in [0, 0.1) is 0 Å². The van der Waals surface area contributed by atoms with Crippen LogP contribution in [0.15, 0.2) is 80.5 Å². The molecule has 0 aliphatic heterocycles. The standard InChI is InChI=1S/2C15H17ClN4OS/c16-9-1-5-12(6-2-9)22-13-8-18-15(17)20-14(13)19-10-3-4-11(21)7-10;16-9-4-6-10(7-5-9)22-13-8-18-15(17)20-14(13)19-11-2-1-3-12(11)21/h1-2,5-6,8,10-11,21H,3-4,7H2,(H3,17,18,19,20);4-8,11-12,21H,1-3H2,(H3,17,18,19,20)/t10-,11+;11-,12-/m01/s1. The first-order chi connectivity index (χ1) is 21.2. The smallest absolute Gasteiger partial charge is 0.221 e. The van der Waals surface area contributed by atoms with E-state index in [9.17, 15) is 10.2 Å². The van der Waals surface area contributed by atoms with E-state index in [1.54, 1.807) is 24.2 Å². The van der Waals surface area contributed by atoms with E-state index in [1.165, 1.54) is 11.8 Å². The first-order valence-electron chi connectivity index (χ1n) is 14.2. The van der Waals surface area contributed by atoms with Crippen molar-refractivity contribution in [3.05, 3.63) is 71.0 Å². The number of nitrogens with one attached hydrogen (secondary N) is 2. The third kappa shape index (κ3) is 9.26. The highest BCUT2D eigenvalue weighted by Gasteiger charge is 2.26. The maximum Gasteiger partial charge on any atom is 0.221 e. The van der Waals surface area contributed by atoms with Crippen LogP contribution < -0.4 is 22.1 Å². The third-order valence-corrected chi connectivity index (χ3v) is 9.73. The summed E-state index contributed by atoms with van der Waals surface area (Å²) in [7, 11) is 0. The molecule has 0 spiro atoms. The summed E-state index contributed by atoms with van der Waals surface area (Å²) in [6.45, 7) is 0. The lowest BCUT2D eigenvalue weighted by Gasteiger charge is -2.19. The quantitative estimate of drug-likeness (QED) is 0.122. The number of hydrogen-bond acceptors (Lipinski definition) is 12. The average Bonchev–Trinajstić information content (AvgIpc) is 3.61. The van der Waals surface area contributed by atoms with E-state index in [4.69, 9.17) is 34.7 Å². The zero-order valence-corrected chi connectivity index (χ0v) is 26.9. The van der Waals surface area contributed by atoms with Gasteiger partial charge < -0.3 is 32.3 Å². The van der Waals surface area contributed by atoms with Crippen molar-refractivity contribution in [2.75, 3.05) is 22.1 Å². The Labute approximate surface area is 274 Å². The first kappa shape index (κ1) is 32.4. The van der Waals surface area contributed by atoms with Gasteiger partial charge in [-0.3, -0.25) is 0 Å². The summed E-state index contributed by atoms with van der Waals surface area (Å²) in [5.74, 6) is 1.84. The number of nitrogen functional groups attached to an aromatic ring is 2. The van der Waals surface area contributed by atoms with Crippen molar-refractivity contribution in [2.24, 2.45) is 0 Å². The molecule has 0 saturated heterocycles. The number of anilines is 4. The van der Waals surface area contributed by atoms with Gasteiger partial charge in [-0.15, -0.1) is 0 Å². The Bertz CT molecular complexity index is 1530. The summed E-state index contributed by atoms with van der Waals surface area (Å²) < 4.78 is 0. The Morgan fingerprint density at radius 1 is 0.705 bits per heavy atom. The molecule has 0 bridgehead atoms. The molecule has 10 nitrogen and oxygen atoms in total. The van der Waals surface area contributed by atoms with Crippen LogP contribution in [0.2, 0.25) is 10.0 Å². The molecule has 44 heavy (non-hydrogen) atoms. The van der Waals surface area contributed by atoms with Crippen molar-refractivity contribution in [1.82, 2.24) is 19.9 Å². The molecule has 2 saturated carbocycles. The Morgan fingerprint density at radius 2 is 1.23 bits per heavy atom. The Morgan fingerprint density at radius 3 is 1.68 bits per heavy atom. The molecule has 2 aliphatic carbocycles. The molecule has 0 radical (unpaired) electrons. The minimum absolute atomic E-state index is 0.0128. The first-order valence-corrected chi connectivity index (χ1v) is 16.6. The summed E-state index contributed by atoms with van der Waals surface area (Å²) in [6, 6.07) is 15.4. The summed E-state index contributed by atoms with van der Waals surface area (Å²) in [5, 5.41) is 27.7. The summed E-state index contributed by atoms with van der Waals surface area (Å²) in [5.41, 5.74) is 11.4. The van der Waals surface area contributed by atoms with Crippen molar-refractivity contribution in [2.45, 2.75) is 82.4 Å². The average molecular weight is 674 g/mol. The van der Waals surface area contributed by atoms with E-state index in [0.717, 1.165) is 58.1 Å². The third-order valence-electron chi connectivity index (χ3n) is 7.18. The molecule has 2 heterocycles. The Kier molecular flexibility index (Phi) is 11.3. The fourth-order valence-electron chi connectivity index (χ4n) is 4.95. The van der Waals surface area contributed by atoms with Crippen LogP contribution in [0.25, 0.3) is 0 Å². The van der Waals surface area contributed by atoms with Gasteiger partial charge in [-0.2, -0.15) is 9.97 Å². The van der Waals surface area contributed by atoms with Gasteiger partial charge in [0.1, 0.15) is 11.6 Å². The van der Waals surface area contributed by atoms with Crippen LogP contribution in [0.3, 0.4) is 0 Å². The van der Waals surface area contributed by atoms with Gasteiger partial charge in [-0.1, -0.05) is 46.7 Å². The molecule has 2 aromatic carbocycles. The predicted molar refractivity (Wildman–Crippen MR) is 179 cm³/mol. The van der Waals surface area contributed by atoms with Crippen molar-refractivity contribution in [3.63, 3.8) is 0 Å². The van der Waals surface area contributed by atoms with Crippen molar-refractivity contribution in [3.8, 4) is 0 Å². The Hall–Kier alpha value is -3.00. The predicted octanol–water partition coefficient (Wildman–Crippen LogP) is 6.38. The SMILES string of the molecule is Nc1ncc(Sc2ccc(Cl)cc2)c(N[C@@H]2CCC[C@H]2O)n1.Nc1ncc(Sc2ccc(Cl)cc2)c(N[C@H]2CC[C@@H](O)C2)n1. The van der Waals surface area contributed by atoms with Gasteiger partial charge in [0.25, 0.3) is 0 Å². The number of rotatable bonds is 8. The minimum Gasteiger partial charge on any atom is -0.393 e. The van der Waals surface area contributed by atoms with E-state index in [2.05, 4.69) is 30.6 Å². The molecule has 2 fully saturated rings. The number of aliphatic hydroxyl groups excluding tert-OH is 2. The molecular weight excluding hydrogens is 639 g/mol. The van der Waals surface area contributed by atoms with Gasteiger partial charge >= 0.3 is 0 Å². The maximum atomic E-state index is 9.97. The van der Waals surface area contributed by atoms with Gasteiger partial charge in [-0.25, -0.2) is 9.97 Å². The topological polar surface area (TPSA) is 168 Å².